The van der Waals surface area contributed by atoms with Crippen molar-refractivity contribution in [1.29, 1.82) is 0 Å². The van der Waals surface area contributed by atoms with Crippen LogP contribution in [0.3, 0.4) is 0 Å². The van der Waals surface area contributed by atoms with Crippen LogP contribution in [-0.2, 0) is 9.59 Å². The number of aromatic hydroxyl groups is 3. The normalized spacial score (nSPS) is 13.9. The summed E-state index contributed by atoms with van der Waals surface area (Å²) >= 11 is 0. The number of hydrogen-bond donors (Lipinski definition) is 5. The molecule has 1 heterocycles. The number of benzene rings is 6. The molecule has 5 N–H and O–H groups in total. The highest BCUT2D eigenvalue weighted by Crippen LogP contribution is 2.44. The van der Waals surface area contributed by atoms with E-state index in [-0.39, 0.29) is 23.2 Å². The number of carbonyl (C=O) groups is 2. The van der Waals surface area contributed by atoms with E-state index in [0.29, 0.717) is 27.5 Å². The zero-order valence-electron chi connectivity index (χ0n) is 23.2. The topological polar surface area (TPSA) is 145 Å². The number of ether oxygens (including phenoxy) is 1. The van der Waals surface area contributed by atoms with Gasteiger partial charge in [0.15, 0.2) is 6.10 Å². The summed E-state index contributed by atoms with van der Waals surface area (Å²) < 4.78 is 5.49. The Bertz CT molecular complexity index is 1900. The molecular weight excluding hydrogens is 560 g/mol. The molecule has 0 amide bonds. The van der Waals surface area contributed by atoms with Crippen molar-refractivity contribution in [3.05, 3.63) is 144 Å². The van der Waals surface area contributed by atoms with Gasteiger partial charge in [-0.1, -0.05) is 109 Å². The predicted molar refractivity (Wildman–Crippen MR) is 166 cm³/mol. The Labute approximate surface area is 252 Å². The van der Waals surface area contributed by atoms with Gasteiger partial charge in [-0.2, -0.15) is 0 Å². The summed E-state index contributed by atoms with van der Waals surface area (Å²) in [7, 11) is 0. The van der Waals surface area contributed by atoms with Crippen LogP contribution in [0.25, 0.3) is 21.5 Å². The highest BCUT2D eigenvalue weighted by atomic mass is 16.5. The molecule has 0 fully saturated rings. The van der Waals surface area contributed by atoms with Crippen LogP contribution in [0.15, 0.2) is 127 Å². The van der Waals surface area contributed by atoms with Crippen molar-refractivity contribution < 1.29 is 39.9 Å². The molecule has 0 bridgehead atoms. The highest BCUT2D eigenvalue weighted by molar-refractivity contribution is 6.01. The van der Waals surface area contributed by atoms with Crippen molar-refractivity contribution in [3.8, 4) is 23.0 Å². The van der Waals surface area contributed by atoms with Crippen LogP contribution < -0.4 is 4.74 Å². The van der Waals surface area contributed by atoms with Gasteiger partial charge in [-0.3, -0.25) is 4.79 Å². The number of aliphatic carboxylic acids is 1. The average molecular weight is 589 g/mol. The van der Waals surface area contributed by atoms with Gasteiger partial charge in [0, 0.05) is 27.1 Å². The fourth-order valence-corrected chi connectivity index (χ4v) is 4.97. The zero-order valence-corrected chi connectivity index (χ0v) is 23.2. The third-order valence-electron chi connectivity index (χ3n) is 7.13. The van der Waals surface area contributed by atoms with E-state index in [9.17, 15) is 24.9 Å². The van der Waals surface area contributed by atoms with Crippen molar-refractivity contribution in [2.75, 3.05) is 0 Å². The van der Waals surface area contributed by atoms with Crippen LogP contribution in [0.2, 0.25) is 0 Å². The number of carboxylic acids is 1. The van der Waals surface area contributed by atoms with Crippen LogP contribution in [0.5, 0.6) is 23.0 Å². The first-order valence-corrected chi connectivity index (χ1v) is 13.6. The number of hydrogen-bond acceptors (Lipinski definition) is 7. The summed E-state index contributed by atoms with van der Waals surface area (Å²) in [6.45, 7) is 0. The predicted octanol–water partition coefficient (Wildman–Crippen LogP) is 6.65. The molecule has 6 aromatic rings. The van der Waals surface area contributed by atoms with Crippen LogP contribution in [-0.4, -0.2) is 37.5 Å². The van der Waals surface area contributed by atoms with E-state index in [1.54, 1.807) is 78.9 Å². The second-order valence-corrected chi connectivity index (χ2v) is 9.92. The van der Waals surface area contributed by atoms with Gasteiger partial charge >= 0.3 is 11.9 Å². The lowest BCUT2D eigenvalue weighted by Gasteiger charge is -2.08. The van der Waals surface area contributed by atoms with E-state index in [4.69, 9.17) is 14.9 Å². The molecule has 0 radical (unpaired) electrons. The standard InChI is InChI=1S/C18H12O3.C10H8O2.C8H8O3/c19-15-8-4-7-13-12(15)9-10-14-16(18(20)21-17(13)14)11-5-2-1-3-6-11;11-9-5-1-3-7-8(9)4-2-6-10(7)12;9-7(8(10)11)6-4-2-1-3-5-6/h1-10,16,19H;1-6,11-12H;1-5,7,9H,(H,10,11). The van der Waals surface area contributed by atoms with Crippen molar-refractivity contribution in [2.24, 2.45) is 0 Å². The SMILES string of the molecule is O=C(O)C(O)c1ccccc1.O=C1Oc2c(ccc3c(O)cccc23)C1c1ccccc1.Oc1cccc2c(O)cccc12. The number of phenols is 3. The van der Waals surface area contributed by atoms with Crippen LogP contribution in [0.4, 0.5) is 0 Å². The molecule has 2 unspecified atom stereocenters. The summed E-state index contributed by atoms with van der Waals surface area (Å²) in [5.41, 5.74) is 2.17. The Morgan fingerprint density at radius 3 is 1.59 bits per heavy atom. The fourth-order valence-electron chi connectivity index (χ4n) is 4.97. The molecule has 0 aliphatic carbocycles. The number of esters is 1. The third kappa shape index (κ3) is 6.16. The Kier molecular flexibility index (Phi) is 8.74. The first-order chi connectivity index (χ1) is 21.3. The minimum Gasteiger partial charge on any atom is -0.507 e. The maximum Gasteiger partial charge on any atom is 0.337 e. The summed E-state index contributed by atoms with van der Waals surface area (Å²) in [5.74, 6) is -0.750. The number of carbonyl (C=O) groups excluding carboxylic acids is 1. The Hall–Kier alpha value is -5.86. The lowest BCUT2D eigenvalue weighted by atomic mass is 9.91. The van der Waals surface area contributed by atoms with E-state index in [1.165, 1.54) is 0 Å². The van der Waals surface area contributed by atoms with Crippen LogP contribution in [0.1, 0.15) is 28.7 Å². The van der Waals surface area contributed by atoms with Gasteiger partial charge in [-0.15, -0.1) is 0 Å². The van der Waals surface area contributed by atoms with Gasteiger partial charge in [0.1, 0.15) is 28.9 Å². The third-order valence-corrected chi connectivity index (χ3v) is 7.13. The number of phenolic OH excluding ortho intramolecular Hbond substituents is 3. The lowest BCUT2D eigenvalue weighted by Crippen LogP contribution is -2.11. The van der Waals surface area contributed by atoms with Crippen molar-refractivity contribution in [2.45, 2.75) is 12.0 Å². The molecule has 6 aromatic carbocycles. The van der Waals surface area contributed by atoms with Gasteiger partial charge in [0.25, 0.3) is 0 Å². The van der Waals surface area contributed by atoms with Crippen molar-refractivity contribution in [1.82, 2.24) is 0 Å². The molecule has 1 aliphatic heterocycles. The highest BCUT2D eigenvalue weighted by Gasteiger charge is 2.35. The number of fused-ring (bicyclic) bond motifs is 4. The number of rotatable bonds is 3. The molecule has 2 atom stereocenters. The molecule has 1 aliphatic rings. The van der Waals surface area contributed by atoms with Crippen LogP contribution >= 0.6 is 0 Å². The summed E-state index contributed by atoms with van der Waals surface area (Å²) in [4.78, 5) is 22.5. The minimum absolute atomic E-state index is 0.189. The van der Waals surface area contributed by atoms with Gasteiger partial charge in [0.2, 0.25) is 0 Å². The monoisotopic (exact) mass is 588 g/mol. The second-order valence-electron chi connectivity index (χ2n) is 9.92. The number of carboxylic acid groups (broad SMARTS) is 1. The second kappa shape index (κ2) is 13.0. The first-order valence-electron chi connectivity index (χ1n) is 13.6. The molecule has 44 heavy (non-hydrogen) atoms. The number of aliphatic hydroxyl groups excluding tert-OH is 1. The Morgan fingerprint density at radius 1 is 0.591 bits per heavy atom. The Balaban J connectivity index is 0.000000143. The first kappa shape index (κ1) is 29.6. The van der Waals surface area contributed by atoms with E-state index in [2.05, 4.69) is 0 Å². The summed E-state index contributed by atoms with van der Waals surface area (Å²) in [6, 6.07) is 36.9. The molecule has 8 heteroatoms. The molecule has 0 saturated carbocycles. The fraction of sp³-hybridized carbons (Fsp3) is 0.0556. The molecule has 0 aromatic heterocycles. The van der Waals surface area contributed by atoms with Gasteiger partial charge in [-0.05, 0) is 29.3 Å². The van der Waals surface area contributed by atoms with Crippen molar-refractivity contribution in [3.63, 3.8) is 0 Å². The van der Waals surface area contributed by atoms with E-state index in [0.717, 1.165) is 16.5 Å². The lowest BCUT2D eigenvalue weighted by molar-refractivity contribution is -0.147. The van der Waals surface area contributed by atoms with E-state index < -0.39 is 18.0 Å². The molecule has 0 saturated heterocycles. The molecule has 7 rings (SSSR count). The minimum atomic E-state index is -1.41. The van der Waals surface area contributed by atoms with Gasteiger partial charge in [-0.25, -0.2) is 4.79 Å². The number of aliphatic hydroxyl groups is 1. The Morgan fingerprint density at radius 2 is 1.07 bits per heavy atom. The summed E-state index contributed by atoms with van der Waals surface area (Å²) in [5, 5.41) is 48.9. The smallest absolute Gasteiger partial charge is 0.337 e. The molecule has 8 nitrogen and oxygen atoms in total. The molecule has 0 spiro atoms. The molecular formula is C36H28O8. The quantitative estimate of drug-likeness (QED) is 0.114. The van der Waals surface area contributed by atoms with Crippen LogP contribution in [0, 0.1) is 0 Å². The van der Waals surface area contributed by atoms with Gasteiger partial charge < -0.3 is 30.3 Å². The zero-order chi connectivity index (χ0) is 31.2. The van der Waals surface area contributed by atoms with Gasteiger partial charge in [0.05, 0.1) is 0 Å². The van der Waals surface area contributed by atoms with Crippen molar-refractivity contribution >= 4 is 33.5 Å². The summed E-state index contributed by atoms with van der Waals surface area (Å²) in [6.07, 6.45) is -1.41. The average Bonchev–Trinajstić information content (AvgIpc) is 3.39. The van der Waals surface area contributed by atoms with E-state index in [1.807, 2.05) is 48.5 Å². The largest absolute Gasteiger partial charge is 0.507 e. The maximum atomic E-state index is 12.3. The van der Waals surface area contributed by atoms with E-state index >= 15 is 0 Å². The maximum absolute atomic E-state index is 12.3. The molecule has 220 valence electrons.